The molecule has 1 aliphatic heterocycles. The number of hydrazone groups is 1. The van der Waals surface area contributed by atoms with Crippen LogP contribution in [0, 0.1) is 20.2 Å². The number of ether oxygens (including phenoxy) is 4. The van der Waals surface area contributed by atoms with E-state index in [4.69, 9.17) is 18.9 Å². The Morgan fingerprint density at radius 1 is 1.00 bits per heavy atom. The molecular weight excluding hydrogens is 476 g/mol. The number of benzene rings is 3. The maximum absolute atomic E-state index is 12.4. The largest absolute Gasteiger partial charge is 0.490 e. The molecule has 1 amide bonds. The highest BCUT2D eigenvalue weighted by molar-refractivity contribution is 5.95. The minimum atomic E-state index is -0.771. The summed E-state index contributed by atoms with van der Waals surface area (Å²) in [4.78, 5) is 33.2. The van der Waals surface area contributed by atoms with E-state index in [1.165, 1.54) is 12.3 Å². The molecule has 0 saturated carbocycles. The number of hydrogen-bond donors (Lipinski definition) is 1. The predicted octanol–water partition coefficient (Wildman–Crippen LogP) is 4.19. The summed E-state index contributed by atoms with van der Waals surface area (Å²) in [7, 11) is 0. The number of nitro groups is 2. The van der Waals surface area contributed by atoms with Gasteiger partial charge in [0.15, 0.2) is 23.0 Å². The number of nitrogens with zero attached hydrogens (tertiary/aromatic N) is 3. The maximum Gasteiger partial charge on any atom is 0.318 e. The van der Waals surface area contributed by atoms with Crippen LogP contribution in [0.3, 0.4) is 0 Å². The van der Waals surface area contributed by atoms with Crippen LogP contribution >= 0.6 is 0 Å². The van der Waals surface area contributed by atoms with Gasteiger partial charge in [0.05, 0.1) is 28.7 Å². The average Bonchev–Trinajstić information content (AvgIpc) is 3.33. The van der Waals surface area contributed by atoms with Crippen LogP contribution in [0.4, 0.5) is 11.4 Å². The lowest BCUT2D eigenvalue weighted by Gasteiger charge is -2.12. The molecule has 3 aromatic rings. The van der Waals surface area contributed by atoms with Gasteiger partial charge in [-0.1, -0.05) is 0 Å². The zero-order valence-electron chi connectivity index (χ0n) is 18.7. The van der Waals surface area contributed by atoms with Crippen molar-refractivity contribution in [3.8, 4) is 28.7 Å². The first-order chi connectivity index (χ1) is 17.4. The highest BCUT2D eigenvalue weighted by Crippen LogP contribution is 2.38. The molecule has 3 aromatic carbocycles. The summed E-state index contributed by atoms with van der Waals surface area (Å²) in [5, 5.41) is 26.3. The average molecular weight is 494 g/mol. The van der Waals surface area contributed by atoms with Gasteiger partial charge in [-0.2, -0.15) is 5.10 Å². The number of nitro benzene ring substituents is 2. The number of amides is 1. The van der Waals surface area contributed by atoms with Crippen LogP contribution in [0.5, 0.6) is 28.7 Å². The van der Waals surface area contributed by atoms with Gasteiger partial charge in [-0.15, -0.1) is 0 Å². The molecule has 1 aliphatic rings. The van der Waals surface area contributed by atoms with Crippen molar-refractivity contribution in [3.63, 3.8) is 0 Å². The Labute approximate surface area is 203 Å². The lowest BCUT2D eigenvalue weighted by Crippen LogP contribution is -2.17. The van der Waals surface area contributed by atoms with E-state index in [-0.39, 0.29) is 30.6 Å². The molecular formula is C23H18N4O9. The van der Waals surface area contributed by atoms with Crippen LogP contribution in [-0.4, -0.2) is 35.4 Å². The van der Waals surface area contributed by atoms with Gasteiger partial charge >= 0.3 is 5.69 Å². The number of rotatable bonds is 9. The second kappa shape index (κ2) is 10.4. The molecule has 0 spiro atoms. The number of hydrogen-bond acceptors (Lipinski definition) is 10. The molecule has 0 fully saturated rings. The third-order valence-electron chi connectivity index (χ3n) is 4.85. The summed E-state index contributed by atoms with van der Waals surface area (Å²) < 4.78 is 21.7. The molecule has 0 aliphatic carbocycles. The number of non-ortho nitro benzene ring substituents is 1. The van der Waals surface area contributed by atoms with Gasteiger partial charge in [0, 0.05) is 11.6 Å². The molecule has 0 radical (unpaired) electrons. The highest BCUT2D eigenvalue weighted by Gasteiger charge is 2.22. The topological polar surface area (TPSA) is 165 Å². The Hall–Kier alpha value is -5.20. The Kier molecular flexibility index (Phi) is 6.90. The zero-order chi connectivity index (χ0) is 25.7. The lowest BCUT2D eigenvalue weighted by molar-refractivity contribution is -0.394. The van der Waals surface area contributed by atoms with Gasteiger partial charge < -0.3 is 18.9 Å². The number of carbonyl (C=O) groups excluding carboxylic acids is 1. The van der Waals surface area contributed by atoms with Crippen LogP contribution < -0.4 is 24.4 Å². The summed E-state index contributed by atoms with van der Waals surface area (Å²) in [6, 6.07) is 12.5. The first kappa shape index (κ1) is 23.9. The molecule has 1 N–H and O–H groups in total. The first-order valence-corrected chi connectivity index (χ1v) is 10.5. The molecule has 0 atom stereocenters. The second-order valence-electron chi connectivity index (χ2n) is 7.17. The third kappa shape index (κ3) is 5.30. The van der Waals surface area contributed by atoms with Crippen LogP contribution in [0.15, 0.2) is 59.7 Å². The first-order valence-electron chi connectivity index (χ1n) is 10.5. The lowest BCUT2D eigenvalue weighted by atomic mass is 10.2. The van der Waals surface area contributed by atoms with E-state index < -0.39 is 27.1 Å². The number of fused-ring (bicyclic) bond motifs is 1. The minimum Gasteiger partial charge on any atom is -0.490 e. The van der Waals surface area contributed by atoms with Crippen LogP contribution in [-0.2, 0) is 0 Å². The van der Waals surface area contributed by atoms with Crippen molar-refractivity contribution in [3.05, 3.63) is 86.0 Å². The fourth-order valence-corrected chi connectivity index (χ4v) is 3.19. The normalized spacial score (nSPS) is 11.8. The SMILES string of the molecule is CCOc1cc(/C=N\NC(=O)c2ccc3c(c2)OCO3)ccc1Oc1ccc([N+](=O)[O-])cc1[N+](=O)[O-]. The highest BCUT2D eigenvalue weighted by atomic mass is 16.7. The van der Waals surface area contributed by atoms with E-state index in [0.29, 0.717) is 22.6 Å². The van der Waals surface area contributed by atoms with Gasteiger partial charge in [-0.3, -0.25) is 25.0 Å². The van der Waals surface area contributed by atoms with Gasteiger partial charge in [-0.25, -0.2) is 5.43 Å². The van der Waals surface area contributed by atoms with Crippen molar-refractivity contribution in [2.75, 3.05) is 13.4 Å². The molecule has 4 rings (SSSR count). The molecule has 0 aromatic heterocycles. The van der Waals surface area contributed by atoms with Gasteiger partial charge in [0.1, 0.15) is 0 Å². The van der Waals surface area contributed by atoms with Crippen LogP contribution in [0.1, 0.15) is 22.8 Å². The molecule has 36 heavy (non-hydrogen) atoms. The standard InChI is InChI=1S/C23H18N4O9/c1-2-33-21-9-14(12-24-25-23(28)15-4-7-19-22(10-15)35-13-34-19)3-6-20(21)36-18-8-5-16(26(29)30)11-17(18)27(31)32/h3-12H,2,13H2,1H3,(H,25,28)/b24-12-. The van der Waals surface area contributed by atoms with Crippen LogP contribution in [0.2, 0.25) is 0 Å². The van der Waals surface area contributed by atoms with E-state index in [9.17, 15) is 25.0 Å². The van der Waals surface area contributed by atoms with Crippen molar-refractivity contribution in [1.29, 1.82) is 0 Å². The molecule has 0 bridgehead atoms. The van der Waals surface area contributed by atoms with Crippen molar-refractivity contribution >= 4 is 23.5 Å². The quantitative estimate of drug-likeness (QED) is 0.261. The van der Waals surface area contributed by atoms with Gasteiger partial charge in [0.2, 0.25) is 12.5 Å². The second-order valence-corrected chi connectivity index (χ2v) is 7.17. The van der Waals surface area contributed by atoms with Crippen molar-refractivity contribution < 1.29 is 33.6 Å². The summed E-state index contributed by atoms with van der Waals surface area (Å²) in [6.45, 7) is 2.10. The predicted molar refractivity (Wildman–Crippen MR) is 125 cm³/mol. The Balaban J connectivity index is 1.50. The van der Waals surface area contributed by atoms with Gasteiger partial charge in [0.25, 0.3) is 11.6 Å². The van der Waals surface area contributed by atoms with E-state index in [2.05, 4.69) is 10.5 Å². The number of nitrogens with one attached hydrogen (secondary N) is 1. The van der Waals surface area contributed by atoms with Crippen molar-refractivity contribution in [1.82, 2.24) is 5.43 Å². The van der Waals surface area contributed by atoms with E-state index in [1.807, 2.05) is 0 Å². The Morgan fingerprint density at radius 2 is 1.78 bits per heavy atom. The Morgan fingerprint density at radius 3 is 2.53 bits per heavy atom. The molecule has 1 heterocycles. The summed E-state index contributed by atoms with van der Waals surface area (Å²) in [6.07, 6.45) is 1.38. The van der Waals surface area contributed by atoms with E-state index in [1.54, 1.807) is 37.3 Å². The maximum atomic E-state index is 12.4. The molecule has 13 nitrogen and oxygen atoms in total. The number of carbonyl (C=O) groups is 1. The molecule has 0 saturated heterocycles. The Bertz CT molecular complexity index is 1370. The molecule has 13 heteroatoms. The van der Waals surface area contributed by atoms with Crippen molar-refractivity contribution in [2.24, 2.45) is 5.10 Å². The van der Waals surface area contributed by atoms with Gasteiger partial charge in [-0.05, 0) is 55.0 Å². The van der Waals surface area contributed by atoms with E-state index in [0.717, 1.165) is 18.2 Å². The summed E-state index contributed by atoms with van der Waals surface area (Å²) >= 11 is 0. The molecule has 184 valence electrons. The fourth-order valence-electron chi connectivity index (χ4n) is 3.19. The summed E-state index contributed by atoms with van der Waals surface area (Å²) in [5.41, 5.74) is 2.28. The fraction of sp³-hybridized carbons (Fsp3) is 0.130. The van der Waals surface area contributed by atoms with Crippen LogP contribution in [0.25, 0.3) is 0 Å². The third-order valence-corrected chi connectivity index (χ3v) is 4.85. The zero-order valence-corrected chi connectivity index (χ0v) is 18.7. The minimum absolute atomic E-state index is 0.0952. The smallest absolute Gasteiger partial charge is 0.318 e. The summed E-state index contributed by atoms with van der Waals surface area (Å²) in [5.74, 6) is 0.771. The van der Waals surface area contributed by atoms with E-state index >= 15 is 0 Å². The monoisotopic (exact) mass is 494 g/mol. The van der Waals surface area contributed by atoms with Crippen molar-refractivity contribution in [2.45, 2.75) is 6.92 Å². The molecule has 0 unspecified atom stereocenters.